The summed E-state index contributed by atoms with van der Waals surface area (Å²) in [5.41, 5.74) is 0.0680. The minimum Gasteiger partial charge on any atom is -0.478 e. The van der Waals surface area contributed by atoms with Crippen LogP contribution in [-0.2, 0) is 0 Å². The molecule has 0 heterocycles. The number of aliphatic hydroxyl groups is 1. The van der Waals surface area contributed by atoms with Crippen LogP contribution in [-0.4, -0.2) is 34.7 Å². The summed E-state index contributed by atoms with van der Waals surface area (Å²) in [5.74, 6) is -1.29. The number of carbonyl (C=O) groups excluding carboxylic acids is 1. The molecule has 1 unspecified atom stereocenters. The average molecular weight is 265 g/mol. The number of aromatic carboxylic acids is 1. The Labute approximate surface area is 112 Å². The molecule has 0 saturated heterocycles. The van der Waals surface area contributed by atoms with E-state index in [0.717, 1.165) is 0 Å². The molecule has 0 bridgehead atoms. The smallest absolute Gasteiger partial charge is 0.336 e. The molecule has 0 aliphatic carbocycles. The summed E-state index contributed by atoms with van der Waals surface area (Å²) in [6, 6.07) is 5.65. The molecule has 3 N–H and O–H groups in total. The summed E-state index contributed by atoms with van der Waals surface area (Å²) >= 11 is 0. The molecule has 0 radical (unpaired) electrons. The van der Waals surface area contributed by atoms with Crippen LogP contribution in [0.2, 0.25) is 0 Å². The van der Waals surface area contributed by atoms with Crippen molar-refractivity contribution in [3.8, 4) is 0 Å². The number of aliphatic hydroxyl groups excluding tert-OH is 1. The Kier molecular flexibility index (Phi) is 5.51. The number of amides is 1. The number of hydrogen-bond acceptors (Lipinski definition) is 3. The van der Waals surface area contributed by atoms with Gasteiger partial charge in [-0.3, -0.25) is 4.79 Å². The third kappa shape index (κ3) is 4.37. The van der Waals surface area contributed by atoms with E-state index in [0.29, 0.717) is 12.3 Å². The van der Waals surface area contributed by atoms with E-state index >= 15 is 0 Å². The number of hydrogen-bond donors (Lipinski definition) is 3. The number of carbonyl (C=O) groups is 2. The van der Waals surface area contributed by atoms with E-state index in [1.165, 1.54) is 12.1 Å². The highest BCUT2D eigenvalue weighted by molar-refractivity contribution is 6.04. The van der Waals surface area contributed by atoms with E-state index in [1.807, 2.05) is 13.8 Å². The maximum Gasteiger partial charge on any atom is 0.336 e. The molecule has 0 aromatic heterocycles. The molecule has 5 heteroatoms. The minimum absolute atomic E-state index is 0.0405. The number of nitrogens with one attached hydrogen (secondary N) is 1. The Morgan fingerprint density at radius 3 is 2.26 bits per heavy atom. The van der Waals surface area contributed by atoms with Crippen molar-refractivity contribution in [3.05, 3.63) is 35.4 Å². The zero-order chi connectivity index (χ0) is 14.4. The monoisotopic (exact) mass is 265 g/mol. The third-order valence-electron chi connectivity index (χ3n) is 2.71. The van der Waals surface area contributed by atoms with Gasteiger partial charge < -0.3 is 15.5 Å². The van der Waals surface area contributed by atoms with Gasteiger partial charge in [-0.15, -0.1) is 0 Å². The number of carboxylic acids is 1. The van der Waals surface area contributed by atoms with Gasteiger partial charge in [-0.1, -0.05) is 26.0 Å². The lowest BCUT2D eigenvalue weighted by Crippen LogP contribution is -2.39. The molecule has 0 aliphatic heterocycles. The Balaban J connectivity index is 2.86. The van der Waals surface area contributed by atoms with Gasteiger partial charge in [-0.05, 0) is 24.5 Å². The van der Waals surface area contributed by atoms with Gasteiger partial charge in [0.15, 0.2) is 0 Å². The number of benzene rings is 1. The number of carboxylic acid groups (broad SMARTS) is 1. The summed E-state index contributed by atoms with van der Waals surface area (Å²) in [4.78, 5) is 23.1. The molecule has 0 aliphatic rings. The Morgan fingerprint density at radius 2 is 1.79 bits per heavy atom. The van der Waals surface area contributed by atoms with Crippen LogP contribution in [0.5, 0.6) is 0 Å². The van der Waals surface area contributed by atoms with Crippen LogP contribution in [0, 0.1) is 5.92 Å². The second-order valence-electron chi connectivity index (χ2n) is 4.83. The minimum atomic E-state index is -1.14. The Hall–Kier alpha value is -1.88. The standard InChI is InChI=1S/C14H19NO4/c1-9(2)7-10(8-16)15-13(17)11-5-3-4-6-12(11)14(18)19/h3-6,9-10,16H,7-8H2,1-2H3,(H,15,17)(H,18,19). The largest absolute Gasteiger partial charge is 0.478 e. The molecule has 19 heavy (non-hydrogen) atoms. The fourth-order valence-corrected chi connectivity index (χ4v) is 1.88. The van der Waals surface area contributed by atoms with E-state index < -0.39 is 11.9 Å². The van der Waals surface area contributed by atoms with E-state index in [-0.39, 0.29) is 23.8 Å². The average Bonchev–Trinajstić information content (AvgIpc) is 2.37. The van der Waals surface area contributed by atoms with Crippen molar-refractivity contribution in [1.82, 2.24) is 5.32 Å². The summed E-state index contributed by atoms with van der Waals surface area (Å²) in [7, 11) is 0. The second kappa shape index (κ2) is 6.89. The Morgan fingerprint density at radius 1 is 1.21 bits per heavy atom. The lowest BCUT2D eigenvalue weighted by molar-refractivity contribution is 0.0690. The fourth-order valence-electron chi connectivity index (χ4n) is 1.88. The van der Waals surface area contributed by atoms with Gasteiger partial charge >= 0.3 is 5.97 Å². The Bertz CT molecular complexity index is 457. The van der Waals surface area contributed by atoms with Crippen molar-refractivity contribution in [3.63, 3.8) is 0 Å². The third-order valence-corrected chi connectivity index (χ3v) is 2.71. The lowest BCUT2D eigenvalue weighted by Gasteiger charge is -2.18. The van der Waals surface area contributed by atoms with Crippen LogP contribution in [0.1, 0.15) is 41.0 Å². The first-order valence-corrected chi connectivity index (χ1v) is 6.19. The molecule has 0 saturated carbocycles. The summed E-state index contributed by atoms with van der Waals surface area (Å²) in [5, 5.41) is 20.9. The van der Waals surface area contributed by atoms with E-state index in [1.54, 1.807) is 12.1 Å². The fraction of sp³-hybridized carbons (Fsp3) is 0.429. The van der Waals surface area contributed by atoms with E-state index in [4.69, 9.17) is 5.11 Å². The predicted octanol–water partition coefficient (Wildman–Crippen LogP) is 1.52. The SMILES string of the molecule is CC(C)CC(CO)NC(=O)c1ccccc1C(=O)O. The molecule has 104 valence electrons. The molecular weight excluding hydrogens is 246 g/mol. The first-order valence-electron chi connectivity index (χ1n) is 6.19. The van der Waals surface area contributed by atoms with Crippen molar-refractivity contribution in [2.75, 3.05) is 6.61 Å². The van der Waals surface area contributed by atoms with Crippen LogP contribution >= 0.6 is 0 Å². The van der Waals surface area contributed by atoms with Gasteiger partial charge in [0.1, 0.15) is 0 Å². The van der Waals surface area contributed by atoms with Gasteiger partial charge in [-0.25, -0.2) is 4.79 Å². The summed E-state index contributed by atoms with van der Waals surface area (Å²) < 4.78 is 0. The van der Waals surface area contributed by atoms with Gasteiger partial charge in [0.25, 0.3) is 5.91 Å². The van der Waals surface area contributed by atoms with Crippen molar-refractivity contribution in [2.24, 2.45) is 5.92 Å². The molecule has 1 aromatic carbocycles. The van der Waals surface area contributed by atoms with Crippen molar-refractivity contribution in [1.29, 1.82) is 0 Å². The summed E-state index contributed by atoms with van der Waals surface area (Å²) in [6.07, 6.45) is 0.636. The van der Waals surface area contributed by atoms with Gasteiger partial charge in [0.05, 0.1) is 23.8 Å². The van der Waals surface area contributed by atoms with Gasteiger partial charge in [-0.2, -0.15) is 0 Å². The van der Waals surface area contributed by atoms with Crippen molar-refractivity contribution in [2.45, 2.75) is 26.3 Å². The highest BCUT2D eigenvalue weighted by Crippen LogP contribution is 2.10. The molecular formula is C14H19NO4. The summed E-state index contributed by atoms with van der Waals surface area (Å²) in [6.45, 7) is 3.80. The zero-order valence-corrected chi connectivity index (χ0v) is 11.1. The van der Waals surface area contributed by atoms with Crippen molar-refractivity contribution >= 4 is 11.9 Å². The molecule has 0 fully saturated rings. The quantitative estimate of drug-likeness (QED) is 0.728. The molecule has 1 aromatic rings. The van der Waals surface area contributed by atoms with Crippen LogP contribution in [0.3, 0.4) is 0 Å². The van der Waals surface area contributed by atoms with E-state index in [2.05, 4.69) is 5.32 Å². The predicted molar refractivity (Wildman–Crippen MR) is 71.2 cm³/mol. The first kappa shape index (κ1) is 15.2. The highest BCUT2D eigenvalue weighted by atomic mass is 16.4. The molecule has 1 atom stereocenters. The van der Waals surface area contributed by atoms with E-state index in [9.17, 15) is 14.7 Å². The molecule has 0 spiro atoms. The van der Waals surface area contributed by atoms with Crippen LogP contribution < -0.4 is 5.32 Å². The lowest BCUT2D eigenvalue weighted by atomic mass is 10.0. The molecule has 1 amide bonds. The second-order valence-corrected chi connectivity index (χ2v) is 4.83. The van der Waals surface area contributed by atoms with Crippen LogP contribution in [0.4, 0.5) is 0 Å². The van der Waals surface area contributed by atoms with Crippen LogP contribution in [0.25, 0.3) is 0 Å². The topological polar surface area (TPSA) is 86.6 Å². The molecule has 5 nitrogen and oxygen atoms in total. The zero-order valence-electron chi connectivity index (χ0n) is 11.1. The van der Waals surface area contributed by atoms with Crippen LogP contribution in [0.15, 0.2) is 24.3 Å². The van der Waals surface area contributed by atoms with Crippen molar-refractivity contribution < 1.29 is 19.8 Å². The molecule has 1 rings (SSSR count). The maximum atomic E-state index is 12.0. The first-order chi connectivity index (χ1) is 8.95. The maximum absolute atomic E-state index is 12.0. The number of rotatable bonds is 6. The van der Waals surface area contributed by atoms with Gasteiger partial charge in [0, 0.05) is 0 Å². The normalized spacial score (nSPS) is 12.2. The highest BCUT2D eigenvalue weighted by Gasteiger charge is 2.19. The van der Waals surface area contributed by atoms with Gasteiger partial charge in [0.2, 0.25) is 0 Å².